The van der Waals surface area contributed by atoms with Crippen LogP contribution in [-0.4, -0.2) is 24.2 Å². The molecule has 0 heterocycles. The molecule has 0 aromatic heterocycles. The predicted octanol–water partition coefficient (Wildman–Crippen LogP) is 0.108. The molecule has 0 amide bonds. The smallest absolute Gasteiger partial charge is 0.341 e. The first-order valence-electron chi connectivity index (χ1n) is 4.54. The highest BCUT2D eigenvalue weighted by Crippen LogP contribution is 2.22. The lowest BCUT2D eigenvalue weighted by Gasteiger charge is -2.14. The highest BCUT2D eigenvalue weighted by atomic mass is 16.5. The van der Waals surface area contributed by atoms with E-state index in [1.807, 2.05) is 0 Å². The second-order valence-electron chi connectivity index (χ2n) is 3.06. The van der Waals surface area contributed by atoms with Crippen LogP contribution in [0.3, 0.4) is 0 Å². The summed E-state index contributed by atoms with van der Waals surface area (Å²) in [6, 6.07) is 6.67. The monoisotopic (exact) mass is 210 g/mol. The van der Waals surface area contributed by atoms with Gasteiger partial charge in [0.1, 0.15) is 5.75 Å². The van der Waals surface area contributed by atoms with Crippen molar-refractivity contribution >= 4 is 5.97 Å². The molecule has 5 nitrogen and oxygen atoms in total. The van der Waals surface area contributed by atoms with Gasteiger partial charge in [-0.3, -0.25) is 0 Å². The van der Waals surface area contributed by atoms with Gasteiger partial charge in [0, 0.05) is 18.2 Å². The number of para-hydroxylation sites is 1. The van der Waals surface area contributed by atoms with Crippen LogP contribution in [-0.2, 0) is 4.79 Å². The molecule has 0 bridgehead atoms. The van der Waals surface area contributed by atoms with Gasteiger partial charge in [-0.15, -0.1) is 0 Å². The van der Waals surface area contributed by atoms with E-state index in [1.54, 1.807) is 24.3 Å². The summed E-state index contributed by atoms with van der Waals surface area (Å²) in [7, 11) is 0. The number of hydrogen-bond acceptors (Lipinski definition) is 4. The Kier molecular flexibility index (Phi) is 4.08. The number of rotatable bonds is 5. The maximum absolute atomic E-state index is 10.3. The SMILES string of the molecule is NC[C@@H](N)c1ccccc1OCC(=O)O. The second-order valence-corrected chi connectivity index (χ2v) is 3.06. The van der Waals surface area contributed by atoms with Gasteiger partial charge in [-0.25, -0.2) is 4.79 Å². The van der Waals surface area contributed by atoms with E-state index in [4.69, 9.17) is 21.3 Å². The Morgan fingerprint density at radius 2 is 2.13 bits per heavy atom. The third-order valence-corrected chi connectivity index (χ3v) is 1.92. The van der Waals surface area contributed by atoms with E-state index in [0.29, 0.717) is 5.75 Å². The van der Waals surface area contributed by atoms with E-state index < -0.39 is 5.97 Å². The largest absolute Gasteiger partial charge is 0.482 e. The first-order valence-corrected chi connectivity index (χ1v) is 4.54. The van der Waals surface area contributed by atoms with Crippen LogP contribution in [0, 0.1) is 0 Å². The van der Waals surface area contributed by atoms with E-state index in [2.05, 4.69) is 0 Å². The quantitative estimate of drug-likeness (QED) is 0.640. The number of ether oxygens (including phenoxy) is 1. The van der Waals surface area contributed by atoms with Crippen molar-refractivity contribution in [2.45, 2.75) is 6.04 Å². The molecule has 0 saturated carbocycles. The first kappa shape index (κ1) is 11.5. The molecule has 0 aliphatic heterocycles. The molecule has 5 heteroatoms. The van der Waals surface area contributed by atoms with Crippen molar-refractivity contribution in [2.24, 2.45) is 11.5 Å². The highest BCUT2D eigenvalue weighted by molar-refractivity contribution is 5.68. The second kappa shape index (κ2) is 5.33. The zero-order chi connectivity index (χ0) is 11.3. The van der Waals surface area contributed by atoms with Gasteiger partial charge in [-0.05, 0) is 6.07 Å². The fourth-order valence-corrected chi connectivity index (χ4v) is 1.18. The van der Waals surface area contributed by atoms with Crippen LogP contribution in [0.25, 0.3) is 0 Å². The van der Waals surface area contributed by atoms with Crippen LogP contribution in [0.1, 0.15) is 11.6 Å². The summed E-state index contributed by atoms with van der Waals surface area (Å²) in [6.45, 7) is -0.0955. The Balaban J connectivity index is 2.81. The number of carbonyl (C=O) groups is 1. The Morgan fingerprint density at radius 3 is 2.73 bits per heavy atom. The maximum atomic E-state index is 10.3. The summed E-state index contributed by atoms with van der Waals surface area (Å²) in [5.74, 6) is -0.552. The molecule has 0 aliphatic carbocycles. The van der Waals surface area contributed by atoms with Gasteiger partial charge in [0.25, 0.3) is 0 Å². The van der Waals surface area contributed by atoms with Gasteiger partial charge < -0.3 is 21.3 Å². The van der Waals surface area contributed by atoms with Crippen molar-refractivity contribution in [3.8, 4) is 5.75 Å². The molecule has 5 N–H and O–H groups in total. The van der Waals surface area contributed by atoms with Crippen LogP contribution in [0.15, 0.2) is 24.3 Å². The average Bonchev–Trinajstić information content (AvgIpc) is 2.25. The minimum Gasteiger partial charge on any atom is -0.482 e. The summed E-state index contributed by atoms with van der Waals surface area (Å²) in [4.78, 5) is 10.3. The molecule has 0 unspecified atom stereocenters. The summed E-state index contributed by atoms with van der Waals surface area (Å²) in [5.41, 5.74) is 11.9. The molecule has 1 rings (SSSR count). The Labute approximate surface area is 87.6 Å². The highest BCUT2D eigenvalue weighted by Gasteiger charge is 2.10. The van der Waals surface area contributed by atoms with E-state index in [1.165, 1.54) is 0 Å². The zero-order valence-electron chi connectivity index (χ0n) is 8.22. The summed E-state index contributed by atoms with van der Waals surface area (Å²) in [6.07, 6.45) is 0. The third-order valence-electron chi connectivity index (χ3n) is 1.92. The lowest BCUT2D eigenvalue weighted by atomic mass is 10.1. The van der Waals surface area contributed by atoms with Crippen molar-refractivity contribution in [1.82, 2.24) is 0 Å². The summed E-state index contributed by atoms with van der Waals surface area (Å²) < 4.78 is 5.09. The lowest BCUT2D eigenvalue weighted by Crippen LogP contribution is -2.22. The van der Waals surface area contributed by atoms with Gasteiger partial charge in [-0.2, -0.15) is 0 Å². The molecule has 15 heavy (non-hydrogen) atoms. The Hall–Kier alpha value is -1.59. The van der Waals surface area contributed by atoms with Gasteiger partial charge in [-0.1, -0.05) is 18.2 Å². The molecule has 0 radical (unpaired) electrons. The van der Waals surface area contributed by atoms with E-state index in [0.717, 1.165) is 5.56 Å². The molecule has 0 aliphatic rings. The topological polar surface area (TPSA) is 98.6 Å². The summed E-state index contributed by atoms with van der Waals surface area (Å²) in [5, 5.41) is 8.48. The number of benzene rings is 1. The molecular weight excluding hydrogens is 196 g/mol. The fraction of sp³-hybridized carbons (Fsp3) is 0.300. The van der Waals surface area contributed by atoms with Crippen molar-refractivity contribution < 1.29 is 14.6 Å². The standard InChI is InChI=1S/C10H14N2O3/c11-5-8(12)7-3-1-2-4-9(7)15-6-10(13)14/h1-4,8H,5-6,11-12H2,(H,13,14)/t8-/m1/s1. The molecule has 82 valence electrons. The van der Waals surface area contributed by atoms with Crippen LogP contribution >= 0.6 is 0 Å². The van der Waals surface area contributed by atoms with Crippen molar-refractivity contribution in [1.29, 1.82) is 0 Å². The number of aliphatic carboxylic acids is 1. The molecule has 0 fully saturated rings. The zero-order valence-corrected chi connectivity index (χ0v) is 8.22. The molecule has 1 atom stereocenters. The first-order chi connectivity index (χ1) is 7.15. The van der Waals surface area contributed by atoms with Gasteiger partial charge >= 0.3 is 5.97 Å². The Bertz CT molecular complexity index is 341. The van der Waals surface area contributed by atoms with E-state index in [9.17, 15) is 4.79 Å². The van der Waals surface area contributed by atoms with Crippen LogP contribution in [0.2, 0.25) is 0 Å². The predicted molar refractivity (Wildman–Crippen MR) is 55.6 cm³/mol. The normalized spacial score (nSPS) is 12.1. The summed E-state index contributed by atoms with van der Waals surface area (Å²) >= 11 is 0. The minimum atomic E-state index is -1.02. The third kappa shape index (κ3) is 3.23. The molecule has 1 aromatic carbocycles. The molecular formula is C10H14N2O3. The van der Waals surface area contributed by atoms with Crippen LogP contribution in [0.4, 0.5) is 0 Å². The van der Waals surface area contributed by atoms with E-state index in [-0.39, 0.29) is 19.2 Å². The van der Waals surface area contributed by atoms with E-state index >= 15 is 0 Å². The number of hydrogen-bond donors (Lipinski definition) is 3. The Morgan fingerprint density at radius 1 is 1.47 bits per heavy atom. The molecule has 0 saturated heterocycles. The lowest BCUT2D eigenvalue weighted by molar-refractivity contribution is -0.139. The van der Waals surface area contributed by atoms with Gasteiger partial charge in [0.15, 0.2) is 6.61 Å². The van der Waals surface area contributed by atoms with Gasteiger partial charge in [0.2, 0.25) is 0 Å². The molecule has 0 spiro atoms. The van der Waals surface area contributed by atoms with Crippen molar-refractivity contribution in [3.05, 3.63) is 29.8 Å². The fourth-order valence-electron chi connectivity index (χ4n) is 1.18. The molecule has 1 aromatic rings. The maximum Gasteiger partial charge on any atom is 0.341 e. The average molecular weight is 210 g/mol. The van der Waals surface area contributed by atoms with Crippen LogP contribution in [0.5, 0.6) is 5.75 Å². The van der Waals surface area contributed by atoms with Gasteiger partial charge in [0.05, 0.1) is 0 Å². The van der Waals surface area contributed by atoms with Crippen LogP contribution < -0.4 is 16.2 Å². The number of carboxylic acids is 1. The van der Waals surface area contributed by atoms with Crippen molar-refractivity contribution in [2.75, 3.05) is 13.2 Å². The number of carboxylic acid groups (broad SMARTS) is 1. The van der Waals surface area contributed by atoms with Crippen molar-refractivity contribution in [3.63, 3.8) is 0 Å². The number of nitrogens with two attached hydrogens (primary N) is 2. The minimum absolute atomic E-state index is 0.285.